The van der Waals surface area contributed by atoms with Crippen LogP contribution in [-0.4, -0.2) is 17.4 Å². The Balaban J connectivity index is 1.86. The molecule has 0 aliphatic rings. The van der Waals surface area contributed by atoms with Crippen LogP contribution in [-0.2, 0) is 11.2 Å². The molecule has 0 spiro atoms. The van der Waals surface area contributed by atoms with Gasteiger partial charge in [0.1, 0.15) is 6.29 Å². The predicted octanol–water partition coefficient (Wildman–Crippen LogP) is 8.02. The molecule has 1 N–H and O–H groups in total. The fourth-order valence-electron chi connectivity index (χ4n) is 3.75. The predicted molar refractivity (Wildman–Crippen MR) is 122 cm³/mol. The van der Waals surface area contributed by atoms with Crippen molar-refractivity contribution in [2.24, 2.45) is 0 Å². The molecule has 0 bridgehead atoms. The molecule has 29 heavy (non-hydrogen) atoms. The minimum absolute atomic E-state index is 0.207. The Morgan fingerprint density at radius 1 is 0.759 bits per heavy atom. The fourth-order valence-corrected chi connectivity index (χ4v) is 3.95. The van der Waals surface area contributed by atoms with E-state index in [-0.39, 0.29) is 5.56 Å². The number of rotatable bonds is 19. The van der Waals surface area contributed by atoms with Crippen LogP contribution in [0.1, 0.15) is 119 Å². The Labute approximate surface area is 182 Å². The number of aryl methyl sites for hydroxylation is 1. The second kappa shape index (κ2) is 17.5. The normalized spacial score (nSPS) is 10.9. The second-order valence-electron chi connectivity index (χ2n) is 8.13. The third-order valence-corrected chi connectivity index (χ3v) is 5.88. The summed E-state index contributed by atoms with van der Waals surface area (Å²) in [5.74, 6) is -0.956. The molecule has 3 nitrogen and oxygen atoms in total. The number of unbranched alkanes of at least 4 members (excludes halogenated alkanes) is 15. The van der Waals surface area contributed by atoms with Crippen LogP contribution in [0, 0.1) is 0 Å². The van der Waals surface area contributed by atoms with Gasteiger partial charge >= 0.3 is 5.97 Å². The molecular weight excluding hydrogens is 384 g/mol. The van der Waals surface area contributed by atoms with E-state index >= 15 is 0 Å². The lowest BCUT2D eigenvalue weighted by molar-refractivity contribution is -0.107. The van der Waals surface area contributed by atoms with E-state index in [4.69, 9.17) is 16.7 Å². The first-order valence-electron chi connectivity index (χ1n) is 11.6. The number of hydrogen-bond acceptors (Lipinski definition) is 2. The summed E-state index contributed by atoms with van der Waals surface area (Å²) < 4.78 is 0. The first-order valence-corrected chi connectivity index (χ1v) is 12.0. The van der Waals surface area contributed by atoms with Gasteiger partial charge in [0.2, 0.25) is 0 Å². The van der Waals surface area contributed by atoms with Crippen LogP contribution in [0.5, 0.6) is 0 Å². The van der Waals surface area contributed by atoms with Crippen LogP contribution in [0.25, 0.3) is 0 Å². The first kappa shape index (κ1) is 25.7. The molecule has 0 saturated carbocycles. The van der Waals surface area contributed by atoms with Gasteiger partial charge < -0.3 is 9.90 Å². The van der Waals surface area contributed by atoms with E-state index in [0.717, 1.165) is 37.5 Å². The van der Waals surface area contributed by atoms with E-state index in [9.17, 15) is 9.59 Å². The van der Waals surface area contributed by atoms with E-state index in [1.807, 2.05) is 6.07 Å². The number of carboxylic acid groups (broad SMARTS) is 1. The number of carbonyl (C=O) groups excluding carboxylic acids is 1. The molecule has 0 heterocycles. The molecule has 0 saturated heterocycles. The Morgan fingerprint density at radius 2 is 1.21 bits per heavy atom. The minimum atomic E-state index is -0.956. The van der Waals surface area contributed by atoms with Crippen LogP contribution in [0.2, 0.25) is 5.02 Å². The lowest BCUT2D eigenvalue weighted by Crippen LogP contribution is -1.99. The van der Waals surface area contributed by atoms with E-state index in [2.05, 4.69) is 0 Å². The number of carbonyl (C=O) groups is 2. The lowest BCUT2D eigenvalue weighted by atomic mass is 10.0. The van der Waals surface area contributed by atoms with Gasteiger partial charge in [-0.05, 0) is 37.0 Å². The van der Waals surface area contributed by atoms with Gasteiger partial charge in [0.25, 0.3) is 0 Å². The highest BCUT2D eigenvalue weighted by atomic mass is 35.5. The Kier molecular flexibility index (Phi) is 15.5. The van der Waals surface area contributed by atoms with Crippen molar-refractivity contribution < 1.29 is 14.7 Å². The molecule has 0 radical (unpaired) electrons. The molecule has 0 unspecified atom stereocenters. The zero-order chi connectivity index (χ0) is 21.2. The Hall–Kier alpha value is -1.35. The summed E-state index contributed by atoms with van der Waals surface area (Å²) in [7, 11) is 0. The van der Waals surface area contributed by atoms with Crippen molar-refractivity contribution in [3.8, 4) is 0 Å². The quantitative estimate of drug-likeness (QED) is 0.181. The van der Waals surface area contributed by atoms with Crippen LogP contribution in [0.3, 0.4) is 0 Å². The maximum atomic E-state index is 11.1. The van der Waals surface area contributed by atoms with Crippen LogP contribution in [0.4, 0.5) is 0 Å². The van der Waals surface area contributed by atoms with Crippen molar-refractivity contribution in [1.29, 1.82) is 0 Å². The van der Waals surface area contributed by atoms with Crippen molar-refractivity contribution in [3.05, 3.63) is 34.3 Å². The van der Waals surface area contributed by atoms with Gasteiger partial charge in [-0.15, -0.1) is 0 Å². The molecule has 1 rings (SSSR count). The van der Waals surface area contributed by atoms with Gasteiger partial charge in [-0.1, -0.05) is 101 Å². The summed E-state index contributed by atoms with van der Waals surface area (Å²) >= 11 is 5.91. The number of aromatic carboxylic acids is 1. The fraction of sp³-hybridized carbons (Fsp3) is 0.680. The van der Waals surface area contributed by atoms with Gasteiger partial charge in [0.05, 0.1) is 10.6 Å². The Bertz CT molecular complexity index is 571. The summed E-state index contributed by atoms with van der Waals surface area (Å²) in [6.45, 7) is 0. The number of carboxylic acids is 1. The molecule has 0 atom stereocenters. The second-order valence-corrected chi connectivity index (χ2v) is 8.54. The van der Waals surface area contributed by atoms with Crippen molar-refractivity contribution >= 4 is 23.9 Å². The highest BCUT2D eigenvalue weighted by Gasteiger charge is 2.09. The zero-order valence-corrected chi connectivity index (χ0v) is 18.7. The highest BCUT2D eigenvalue weighted by Crippen LogP contribution is 2.19. The summed E-state index contributed by atoms with van der Waals surface area (Å²) in [4.78, 5) is 21.3. The van der Waals surface area contributed by atoms with Gasteiger partial charge in [-0.3, -0.25) is 0 Å². The van der Waals surface area contributed by atoms with E-state index < -0.39 is 5.97 Å². The van der Waals surface area contributed by atoms with Crippen molar-refractivity contribution in [1.82, 2.24) is 0 Å². The molecule has 0 amide bonds. The van der Waals surface area contributed by atoms with Crippen LogP contribution >= 0.6 is 11.6 Å². The van der Waals surface area contributed by atoms with Gasteiger partial charge in [-0.25, -0.2) is 4.79 Å². The van der Waals surface area contributed by atoms with Gasteiger partial charge in [0, 0.05) is 6.42 Å². The maximum Gasteiger partial charge on any atom is 0.337 e. The van der Waals surface area contributed by atoms with Gasteiger partial charge in [-0.2, -0.15) is 0 Å². The molecule has 1 aromatic carbocycles. The zero-order valence-electron chi connectivity index (χ0n) is 18.0. The topological polar surface area (TPSA) is 54.4 Å². The Morgan fingerprint density at radius 3 is 1.66 bits per heavy atom. The average molecular weight is 423 g/mol. The third-order valence-electron chi connectivity index (χ3n) is 5.55. The molecule has 0 aromatic heterocycles. The van der Waals surface area contributed by atoms with E-state index in [1.165, 1.54) is 83.5 Å². The SMILES string of the molecule is O=CCCCCCCCCCCCCCCCCCc1ccc(Cl)c(C(=O)O)c1. The van der Waals surface area contributed by atoms with E-state index in [1.54, 1.807) is 12.1 Å². The first-order chi connectivity index (χ1) is 14.1. The number of benzene rings is 1. The highest BCUT2D eigenvalue weighted by molar-refractivity contribution is 6.33. The van der Waals surface area contributed by atoms with Crippen molar-refractivity contribution in [2.75, 3.05) is 0 Å². The average Bonchev–Trinajstić information content (AvgIpc) is 2.71. The van der Waals surface area contributed by atoms with Gasteiger partial charge in [0.15, 0.2) is 0 Å². The lowest BCUT2D eigenvalue weighted by Gasteiger charge is -2.05. The number of aldehydes is 1. The smallest absolute Gasteiger partial charge is 0.337 e. The largest absolute Gasteiger partial charge is 0.478 e. The summed E-state index contributed by atoms with van der Waals surface area (Å²) in [6, 6.07) is 5.33. The molecule has 0 aliphatic heterocycles. The van der Waals surface area contributed by atoms with E-state index in [0.29, 0.717) is 5.02 Å². The third kappa shape index (κ3) is 13.5. The molecule has 4 heteroatoms. The van der Waals surface area contributed by atoms with Crippen molar-refractivity contribution in [3.63, 3.8) is 0 Å². The molecule has 0 fully saturated rings. The summed E-state index contributed by atoms with van der Waals surface area (Å²) in [5.41, 5.74) is 1.27. The maximum absolute atomic E-state index is 11.1. The standard InChI is InChI=1S/C25H39ClO3/c26-24-19-18-22(21-23(24)25(28)29)17-15-13-11-9-7-5-3-1-2-4-6-8-10-12-14-16-20-27/h18-21H,1-17H2,(H,28,29). The number of hydrogen-bond donors (Lipinski definition) is 1. The molecule has 0 aliphatic carbocycles. The van der Waals surface area contributed by atoms with Crippen LogP contribution < -0.4 is 0 Å². The molecule has 164 valence electrons. The molecular formula is C25H39ClO3. The van der Waals surface area contributed by atoms with Crippen molar-refractivity contribution in [2.45, 2.75) is 109 Å². The summed E-state index contributed by atoms with van der Waals surface area (Å²) in [5, 5.41) is 9.43. The van der Waals surface area contributed by atoms with Crippen LogP contribution in [0.15, 0.2) is 18.2 Å². The number of halogens is 1. The minimum Gasteiger partial charge on any atom is -0.478 e. The summed E-state index contributed by atoms with van der Waals surface area (Å²) in [6.07, 6.45) is 22.0. The monoisotopic (exact) mass is 422 g/mol. The molecule has 1 aromatic rings.